The zero-order valence-corrected chi connectivity index (χ0v) is 27.1. The van der Waals surface area contributed by atoms with Gasteiger partial charge in [0, 0.05) is 25.4 Å². The molecule has 2 aliphatic heterocycles. The molecule has 0 saturated carbocycles. The number of aromatic nitrogens is 1. The summed E-state index contributed by atoms with van der Waals surface area (Å²) in [6.45, 7) is 7.95. The number of hydrogen-bond donors (Lipinski definition) is 1. The van der Waals surface area contributed by atoms with Crippen LogP contribution in [0.4, 0.5) is 0 Å². The molecule has 0 saturated heterocycles. The van der Waals surface area contributed by atoms with Gasteiger partial charge in [-0.3, -0.25) is 19.2 Å². The van der Waals surface area contributed by atoms with Crippen molar-refractivity contribution in [1.29, 1.82) is 0 Å². The maximum atomic E-state index is 13.4. The second-order valence-electron chi connectivity index (χ2n) is 12.0. The van der Waals surface area contributed by atoms with Crippen molar-refractivity contribution < 1.29 is 37.9 Å². The van der Waals surface area contributed by atoms with E-state index in [0.717, 1.165) is 11.8 Å². The van der Waals surface area contributed by atoms with Gasteiger partial charge in [-0.1, -0.05) is 81.0 Å². The van der Waals surface area contributed by atoms with Crippen molar-refractivity contribution in [3.05, 3.63) is 101 Å². The van der Waals surface area contributed by atoms with Crippen LogP contribution in [0.15, 0.2) is 88.7 Å². The number of oxazole rings is 1. The van der Waals surface area contributed by atoms with E-state index in [0.29, 0.717) is 12.0 Å². The van der Waals surface area contributed by atoms with Crippen molar-refractivity contribution in [3.8, 4) is 0 Å². The van der Waals surface area contributed by atoms with Crippen LogP contribution in [0.25, 0.3) is 0 Å². The van der Waals surface area contributed by atoms with E-state index in [1.165, 1.54) is 11.0 Å². The third-order valence-electron chi connectivity index (χ3n) is 7.65. The van der Waals surface area contributed by atoms with Crippen LogP contribution in [-0.2, 0) is 41.5 Å². The third kappa shape index (κ3) is 10.2. The van der Waals surface area contributed by atoms with E-state index in [-0.39, 0.29) is 73.2 Å². The Kier molecular flexibility index (Phi) is 12.2. The van der Waals surface area contributed by atoms with Gasteiger partial charge in [0.05, 0.1) is 12.8 Å². The fourth-order valence-corrected chi connectivity index (χ4v) is 5.36. The van der Waals surface area contributed by atoms with Crippen LogP contribution in [0.2, 0.25) is 0 Å². The minimum atomic E-state index is -0.878. The van der Waals surface area contributed by atoms with Gasteiger partial charge in [-0.2, -0.15) is 0 Å². The van der Waals surface area contributed by atoms with Crippen LogP contribution >= 0.6 is 0 Å². The summed E-state index contributed by atoms with van der Waals surface area (Å²) in [4.78, 5) is 70.6. The summed E-state index contributed by atoms with van der Waals surface area (Å²) in [5.41, 5.74) is 1.54. The number of ketones is 1. The van der Waals surface area contributed by atoms with Crippen molar-refractivity contribution in [1.82, 2.24) is 15.2 Å². The number of allylic oxidation sites excluding steroid dienone is 2. The van der Waals surface area contributed by atoms with Crippen molar-refractivity contribution in [2.24, 2.45) is 11.8 Å². The molecule has 0 fully saturated rings. The summed E-state index contributed by atoms with van der Waals surface area (Å²) in [6.07, 6.45) is 9.72. The third-order valence-corrected chi connectivity index (χ3v) is 7.65. The lowest BCUT2D eigenvalue weighted by Crippen LogP contribution is -2.36. The molecule has 3 atom stereocenters. The van der Waals surface area contributed by atoms with E-state index in [4.69, 9.17) is 13.9 Å². The Morgan fingerprint density at radius 2 is 1.89 bits per heavy atom. The Labute approximate surface area is 274 Å². The standard InChI is InChI=1S/C36H41N3O8/c1-23(2)34-25(4)14-15-31(41)37-16-8-10-24(3)18-28(46-33(42)19-26-11-6-5-7-12-26)20-27(40)21-32-38-29(22-45-32)35(43)39-17-9-13-30(39)36(44)47-34/h5-8,10-15,18,22-23,25,28,34H,9,16-17,19-21H2,1-4H3,(H,37,41)/b10-8+,15-14+,24-18+/t25-,28-,34?/m1/s1. The molecular weight excluding hydrogens is 602 g/mol. The van der Waals surface area contributed by atoms with Gasteiger partial charge in [-0.15, -0.1) is 0 Å². The molecule has 0 radical (unpaired) electrons. The zero-order chi connectivity index (χ0) is 33.9. The topological polar surface area (TPSA) is 145 Å². The largest absolute Gasteiger partial charge is 0.457 e. The van der Waals surface area contributed by atoms with Crippen LogP contribution in [-0.4, -0.2) is 64.7 Å². The summed E-state index contributed by atoms with van der Waals surface area (Å²) in [5, 5.41) is 2.78. The molecule has 2 aromatic rings. The first-order chi connectivity index (χ1) is 22.5. The van der Waals surface area contributed by atoms with Gasteiger partial charge in [-0.05, 0) is 37.0 Å². The number of nitrogens with one attached hydrogen (secondary N) is 1. The molecule has 0 spiro atoms. The number of rotatable bonds is 4. The SMILES string of the molecule is CC1=C\[C@@H](OC(=O)Cc2ccccc2)CC(=O)Cc2nc(co2)C(=O)N2CCC=C2C(=O)OC(C(C)C)[C@H](C)/C=C/C(=O)NC\C=C\1. The first-order valence-corrected chi connectivity index (χ1v) is 15.7. The fourth-order valence-electron chi connectivity index (χ4n) is 5.36. The van der Waals surface area contributed by atoms with Gasteiger partial charge in [0.2, 0.25) is 11.8 Å². The molecule has 3 heterocycles. The fraction of sp³-hybridized carbons (Fsp3) is 0.389. The summed E-state index contributed by atoms with van der Waals surface area (Å²) in [7, 11) is 0. The first kappa shape index (κ1) is 34.8. The first-order valence-electron chi connectivity index (χ1n) is 15.7. The number of ether oxygens (including phenoxy) is 2. The van der Waals surface area contributed by atoms with Crippen molar-refractivity contribution in [2.45, 2.75) is 65.6 Å². The maximum Gasteiger partial charge on any atom is 0.355 e. The minimum absolute atomic E-state index is 0.0234. The molecule has 47 heavy (non-hydrogen) atoms. The molecule has 0 aliphatic carbocycles. The average molecular weight is 644 g/mol. The number of fused-ring (bicyclic) bond motifs is 3. The van der Waals surface area contributed by atoms with Gasteiger partial charge in [0.25, 0.3) is 5.91 Å². The van der Waals surface area contributed by atoms with E-state index in [1.807, 2.05) is 51.1 Å². The average Bonchev–Trinajstić information content (AvgIpc) is 3.70. The van der Waals surface area contributed by atoms with Gasteiger partial charge >= 0.3 is 11.9 Å². The van der Waals surface area contributed by atoms with Gasteiger partial charge in [0.15, 0.2) is 5.69 Å². The number of amides is 2. The molecule has 2 amide bonds. The zero-order valence-electron chi connectivity index (χ0n) is 27.1. The number of cyclic esters (lactones) is 1. The molecular formula is C36H41N3O8. The van der Waals surface area contributed by atoms with Crippen molar-refractivity contribution in [3.63, 3.8) is 0 Å². The van der Waals surface area contributed by atoms with E-state index in [2.05, 4.69) is 10.3 Å². The van der Waals surface area contributed by atoms with Crippen LogP contribution in [0.3, 0.4) is 0 Å². The van der Waals surface area contributed by atoms with Gasteiger partial charge in [-0.25, -0.2) is 9.78 Å². The Morgan fingerprint density at radius 1 is 1.13 bits per heavy atom. The Hall–Kier alpha value is -5.06. The lowest BCUT2D eigenvalue weighted by Gasteiger charge is -2.27. The van der Waals surface area contributed by atoms with Crippen LogP contribution in [0.5, 0.6) is 0 Å². The molecule has 11 nitrogen and oxygen atoms in total. The highest BCUT2D eigenvalue weighted by atomic mass is 16.5. The predicted molar refractivity (Wildman–Crippen MR) is 173 cm³/mol. The second-order valence-corrected chi connectivity index (χ2v) is 12.0. The van der Waals surface area contributed by atoms with Crippen molar-refractivity contribution in [2.75, 3.05) is 13.1 Å². The smallest absolute Gasteiger partial charge is 0.355 e. The highest BCUT2D eigenvalue weighted by Crippen LogP contribution is 2.24. The highest BCUT2D eigenvalue weighted by molar-refractivity contribution is 6.00. The normalized spacial score (nSPS) is 24.4. The quantitative estimate of drug-likeness (QED) is 0.478. The lowest BCUT2D eigenvalue weighted by atomic mass is 9.94. The molecule has 1 N–H and O–H groups in total. The molecule has 11 heteroatoms. The Balaban J connectivity index is 1.58. The lowest BCUT2D eigenvalue weighted by molar-refractivity contribution is -0.150. The summed E-state index contributed by atoms with van der Waals surface area (Å²) < 4.78 is 17.0. The molecule has 2 aliphatic rings. The number of Topliss-reactive ketones (excluding diaryl/α,β-unsaturated/α-hetero) is 1. The maximum absolute atomic E-state index is 13.4. The van der Waals surface area contributed by atoms with E-state index < -0.39 is 30.1 Å². The van der Waals surface area contributed by atoms with Gasteiger partial charge < -0.3 is 24.1 Å². The number of carbonyl (C=O) groups is 5. The molecule has 2 bridgehead atoms. The number of hydrogen-bond acceptors (Lipinski definition) is 9. The number of nitrogens with zero attached hydrogens (tertiary/aromatic N) is 2. The van der Waals surface area contributed by atoms with Crippen LogP contribution in [0, 0.1) is 11.8 Å². The molecule has 1 aromatic carbocycles. The summed E-state index contributed by atoms with van der Waals surface area (Å²) >= 11 is 0. The molecule has 4 rings (SSSR count). The number of benzene rings is 1. The Bertz CT molecular complexity index is 1580. The van der Waals surface area contributed by atoms with Crippen molar-refractivity contribution >= 4 is 29.5 Å². The highest BCUT2D eigenvalue weighted by Gasteiger charge is 2.33. The van der Waals surface area contributed by atoms with E-state index >= 15 is 0 Å². The Morgan fingerprint density at radius 3 is 2.64 bits per heavy atom. The molecule has 1 unspecified atom stereocenters. The molecule has 248 valence electrons. The second kappa shape index (κ2) is 16.5. The van der Waals surface area contributed by atoms with E-state index in [9.17, 15) is 24.0 Å². The molecule has 1 aromatic heterocycles. The van der Waals surface area contributed by atoms with Crippen LogP contribution < -0.4 is 5.32 Å². The monoisotopic (exact) mass is 643 g/mol. The predicted octanol–water partition coefficient (Wildman–Crippen LogP) is 4.45. The number of esters is 2. The van der Waals surface area contributed by atoms with Gasteiger partial charge in [0.1, 0.15) is 30.0 Å². The van der Waals surface area contributed by atoms with E-state index in [1.54, 1.807) is 37.3 Å². The number of carbonyl (C=O) groups excluding carboxylic acids is 5. The minimum Gasteiger partial charge on any atom is -0.457 e. The van der Waals surface area contributed by atoms with Crippen LogP contribution in [0.1, 0.15) is 62.5 Å². The summed E-state index contributed by atoms with van der Waals surface area (Å²) in [5.74, 6) is -2.71. The summed E-state index contributed by atoms with van der Waals surface area (Å²) in [6, 6.07) is 9.13.